The van der Waals surface area contributed by atoms with Gasteiger partial charge in [-0.3, -0.25) is 4.79 Å². The van der Waals surface area contributed by atoms with Gasteiger partial charge < -0.3 is 10.6 Å². The minimum atomic E-state index is 0.135. The number of nitrogens with one attached hydrogen (secondary N) is 2. The summed E-state index contributed by atoms with van der Waals surface area (Å²) in [5.74, 6) is 0.338. The van der Waals surface area contributed by atoms with Crippen LogP contribution in [0.15, 0.2) is 42.6 Å². The van der Waals surface area contributed by atoms with Crippen molar-refractivity contribution in [2.24, 2.45) is 5.92 Å². The van der Waals surface area contributed by atoms with E-state index in [4.69, 9.17) is 0 Å². The van der Waals surface area contributed by atoms with E-state index >= 15 is 0 Å². The highest BCUT2D eigenvalue weighted by Crippen LogP contribution is 2.25. The molecule has 1 amide bonds. The third kappa shape index (κ3) is 4.92. The average molecular weight is 340 g/mol. The Bertz CT molecular complexity index is 680. The lowest BCUT2D eigenvalue weighted by Gasteiger charge is -2.29. The molecule has 3 rings (SSSR count). The number of carbonyl (C=O) groups excluding carboxylic acids is 1. The van der Waals surface area contributed by atoms with E-state index in [1.165, 1.54) is 0 Å². The summed E-state index contributed by atoms with van der Waals surface area (Å²) in [5.41, 5.74) is 2.09. The number of aromatic nitrogens is 2. The SMILES string of the molecule is CC(C)NC(=O)C1CCCC(NCc2ccn(-c3ccccc3)n2)C1. The van der Waals surface area contributed by atoms with Crippen molar-refractivity contribution >= 4 is 5.91 Å². The van der Waals surface area contributed by atoms with E-state index in [-0.39, 0.29) is 17.9 Å². The summed E-state index contributed by atoms with van der Waals surface area (Å²) in [4.78, 5) is 12.2. The molecular weight excluding hydrogens is 312 g/mol. The van der Waals surface area contributed by atoms with Gasteiger partial charge in [0.05, 0.1) is 11.4 Å². The normalized spacial score (nSPS) is 20.6. The van der Waals surface area contributed by atoms with Gasteiger partial charge in [0.2, 0.25) is 5.91 Å². The van der Waals surface area contributed by atoms with Gasteiger partial charge in [0.15, 0.2) is 0 Å². The summed E-state index contributed by atoms with van der Waals surface area (Å²) < 4.78 is 1.90. The zero-order chi connectivity index (χ0) is 17.6. The zero-order valence-corrected chi connectivity index (χ0v) is 15.1. The van der Waals surface area contributed by atoms with Crippen molar-refractivity contribution in [2.75, 3.05) is 0 Å². The molecule has 1 aromatic carbocycles. The highest BCUT2D eigenvalue weighted by Gasteiger charge is 2.27. The van der Waals surface area contributed by atoms with Gasteiger partial charge in [0.25, 0.3) is 0 Å². The largest absolute Gasteiger partial charge is 0.354 e. The first-order valence-electron chi connectivity index (χ1n) is 9.25. The Morgan fingerprint density at radius 1 is 1.24 bits per heavy atom. The van der Waals surface area contributed by atoms with Crippen LogP contribution in [-0.4, -0.2) is 27.8 Å². The topological polar surface area (TPSA) is 59.0 Å². The number of hydrogen-bond donors (Lipinski definition) is 2. The van der Waals surface area contributed by atoms with Crippen LogP contribution in [0.5, 0.6) is 0 Å². The first-order valence-corrected chi connectivity index (χ1v) is 9.25. The molecule has 1 saturated carbocycles. The molecule has 2 unspecified atom stereocenters. The Labute approximate surface area is 149 Å². The van der Waals surface area contributed by atoms with E-state index in [9.17, 15) is 4.79 Å². The lowest BCUT2D eigenvalue weighted by atomic mass is 9.85. The summed E-state index contributed by atoms with van der Waals surface area (Å²) in [6.07, 6.45) is 6.14. The molecular formula is C20H28N4O. The van der Waals surface area contributed by atoms with Gasteiger partial charge in [0.1, 0.15) is 0 Å². The Balaban J connectivity index is 1.52. The fourth-order valence-corrected chi connectivity index (χ4v) is 3.45. The molecule has 0 spiro atoms. The molecule has 1 fully saturated rings. The van der Waals surface area contributed by atoms with Gasteiger partial charge in [-0.25, -0.2) is 4.68 Å². The van der Waals surface area contributed by atoms with E-state index in [0.717, 1.165) is 43.6 Å². The Morgan fingerprint density at radius 2 is 2.04 bits per heavy atom. The second-order valence-electron chi connectivity index (χ2n) is 7.19. The van der Waals surface area contributed by atoms with E-state index < -0.39 is 0 Å². The predicted molar refractivity (Wildman–Crippen MR) is 99.4 cm³/mol. The number of benzene rings is 1. The number of hydrogen-bond acceptors (Lipinski definition) is 3. The highest BCUT2D eigenvalue weighted by molar-refractivity contribution is 5.79. The van der Waals surface area contributed by atoms with Crippen LogP contribution in [0.4, 0.5) is 0 Å². The number of amides is 1. The lowest BCUT2D eigenvalue weighted by Crippen LogP contribution is -2.42. The molecule has 2 aromatic rings. The molecule has 25 heavy (non-hydrogen) atoms. The summed E-state index contributed by atoms with van der Waals surface area (Å²) in [6.45, 7) is 4.77. The summed E-state index contributed by atoms with van der Waals surface area (Å²) in [7, 11) is 0. The van der Waals surface area contributed by atoms with Crippen LogP contribution in [0.3, 0.4) is 0 Å². The first-order chi connectivity index (χ1) is 12.1. The molecule has 1 aliphatic carbocycles. The van der Waals surface area contributed by atoms with E-state index in [1.807, 2.05) is 61.1 Å². The van der Waals surface area contributed by atoms with Gasteiger partial charge in [0, 0.05) is 30.7 Å². The molecule has 0 bridgehead atoms. The molecule has 134 valence electrons. The molecule has 0 saturated heterocycles. The van der Waals surface area contributed by atoms with Crippen molar-refractivity contribution in [2.45, 2.75) is 58.2 Å². The maximum atomic E-state index is 12.2. The maximum absolute atomic E-state index is 12.2. The van der Waals surface area contributed by atoms with Crippen molar-refractivity contribution in [1.82, 2.24) is 20.4 Å². The molecule has 5 heteroatoms. The quantitative estimate of drug-likeness (QED) is 0.850. The third-order valence-electron chi connectivity index (χ3n) is 4.71. The average Bonchev–Trinajstić information content (AvgIpc) is 3.09. The smallest absolute Gasteiger partial charge is 0.223 e. The Morgan fingerprint density at radius 3 is 2.80 bits per heavy atom. The summed E-state index contributed by atoms with van der Waals surface area (Å²) in [6, 6.07) is 12.8. The van der Waals surface area contributed by atoms with Crippen molar-refractivity contribution in [1.29, 1.82) is 0 Å². The molecule has 0 radical (unpaired) electrons. The standard InChI is InChI=1S/C20H28N4O/c1-15(2)22-20(25)16-7-6-8-17(13-16)21-14-18-11-12-24(23-18)19-9-4-3-5-10-19/h3-5,9-12,15-17,21H,6-8,13-14H2,1-2H3,(H,22,25). The molecule has 2 N–H and O–H groups in total. The van der Waals surface area contributed by atoms with E-state index in [2.05, 4.69) is 15.7 Å². The fraction of sp³-hybridized carbons (Fsp3) is 0.500. The van der Waals surface area contributed by atoms with Crippen LogP contribution in [0, 0.1) is 5.92 Å². The van der Waals surface area contributed by atoms with Crippen LogP contribution >= 0.6 is 0 Å². The minimum absolute atomic E-state index is 0.135. The molecule has 1 aromatic heterocycles. The molecule has 1 aliphatic rings. The third-order valence-corrected chi connectivity index (χ3v) is 4.71. The van der Waals surface area contributed by atoms with E-state index in [1.54, 1.807) is 0 Å². The predicted octanol–water partition coefficient (Wildman–Crippen LogP) is 3.05. The second-order valence-corrected chi connectivity index (χ2v) is 7.19. The second kappa shape index (κ2) is 8.30. The summed E-state index contributed by atoms with van der Waals surface area (Å²) in [5, 5.41) is 11.3. The minimum Gasteiger partial charge on any atom is -0.354 e. The monoisotopic (exact) mass is 340 g/mol. The number of nitrogens with zero attached hydrogens (tertiary/aromatic N) is 2. The van der Waals surface area contributed by atoms with Gasteiger partial charge in [-0.05, 0) is 51.3 Å². The van der Waals surface area contributed by atoms with Crippen molar-refractivity contribution in [3.05, 3.63) is 48.3 Å². The van der Waals surface area contributed by atoms with Crippen molar-refractivity contribution < 1.29 is 4.79 Å². The summed E-state index contributed by atoms with van der Waals surface area (Å²) >= 11 is 0. The molecule has 1 heterocycles. The van der Waals surface area contributed by atoms with Gasteiger partial charge >= 0.3 is 0 Å². The highest BCUT2D eigenvalue weighted by atomic mass is 16.1. The number of rotatable bonds is 6. The Hall–Kier alpha value is -2.14. The van der Waals surface area contributed by atoms with Gasteiger partial charge in [-0.1, -0.05) is 24.6 Å². The van der Waals surface area contributed by atoms with Gasteiger partial charge in [-0.2, -0.15) is 5.10 Å². The molecule has 0 aliphatic heterocycles. The van der Waals surface area contributed by atoms with E-state index in [0.29, 0.717) is 6.04 Å². The van der Waals surface area contributed by atoms with Gasteiger partial charge in [-0.15, -0.1) is 0 Å². The molecule has 5 nitrogen and oxygen atoms in total. The first kappa shape index (κ1) is 17.7. The van der Waals surface area contributed by atoms with Crippen LogP contribution in [-0.2, 0) is 11.3 Å². The number of carbonyl (C=O) groups is 1. The van der Waals surface area contributed by atoms with Crippen LogP contribution in [0.2, 0.25) is 0 Å². The Kier molecular flexibility index (Phi) is 5.87. The van der Waals surface area contributed by atoms with Crippen LogP contribution in [0.25, 0.3) is 5.69 Å². The number of para-hydroxylation sites is 1. The van der Waals surface area contributed by atoms with Crippen molar-refractivity contribution in [3.8, 4) is 5.69 Å². The lowest BCUT2D eigenvalue weighted by molar-refractivity contribution is -0.126. The van der Waals surface area contributed by atoms with Crippen LogP contribution < -0.4 is 10.6 Å². The zero-order valence-electron chi connectivity index (χ0n) is 15.1. The fourth-order valence-electron chi connectivity index (χ4n) is 3.45. The molecule has 2 atom stereocenters. The van der Waals surface area contributed by atoms with Crippen molar-refractivity contribution in [3.63, 3.8) is 0 Å². The maximum Gasteiger partial charge on any atom is 0.223 e. The van der Waals surface area contributed by atoms with Crippen LogP contribution in [0.1, 0.15) is 45.2 Å².